The van der Waals surface area contributed by atoms with Crippen molar-refractivity contribution in [1.82, 2.24) is 10.1 Å². The highest BCUT2D eigenvalue weighted by atomic mass is 32.1. The maximum atomic E-state index is 6.23. The maximum Gasteiger partial charge on any atom is 0.231 e. The van der Waals surface area contributed by atoms with E-state index in [1.165, 1.54) is 24.1 Å². The molecule has 2 aromatic rings. The van der Waals surface area contributed by atoms with Gasteiger partial charge in [0.25, 0.3) is 0 Å². The summed E-state index contributed by atoms with van der Waals surface area (Å²) in [6.07, 6.45) is 6.58. The van der Waals surface area contributed by atoms with Gasteiger partial charge < -0.3 is 10.3 Å². The average Bonchev–Trinajstić information content (AvgIpc) is 3.02. The Morgan fingerprint density at radius 3 is 3.05 bits per heavy atom. The van der Waals surface area contributed by atoms with E-state index in [1.807, 2.05) is 6.07 Å². The molecule has 2 heterocycles. The maximum absolute atomic E-state index is 6.23. The van der Waals surface area contributed by atoms with Crippen LogP contribution < -0.4 is 5.73 Å². The Bertz CT molecular complexity index is 509. The summed E-state index contributed by atoms with van der Waals surface area (Å²) in [4.78, 5) is 5.81. The van der Waals surface area contributed by atoms with Gasteiger partial charge in [-0.15, -0.1) is 11.3 Å². The van der Waals surface area contributed by atoms with E-state index in [0.717, 1.165) is 31.0 Å². The first-order chi connectivity index (χ1) is 9.33. The molecule has 4 nitrogen and oxygen atoms in total. The molecule has 1 aliphatic carbocycles. The second kappa shape index (κ2) is 5.84. The quantitative estimate of drug-likeness (QED) is 0.876. The van der Waals surface area contributed by atoms with Crippen LogP contribution in [-0.4, -0.2) is 16.2 Å². The molecule has 1 fully saturated rings. The van der Waals surface area contributed by atoms with Gasteiger partial charge in [0.15, 0.2) is 5.82 Å². The Balaban J connectivity index is 1.72. The lowest BCUT2D eigenvalue weighted by Crippen LogP contribution is -2.27. The van der Waals surface area contributed by atoms with Crippen molar-refractivity contribution in [2.75, 3.05) is 0 Å². The smallest absolute Gasteiger partial charge is 0.231 e. The van der Waals surface area contributed by atoms with Crippen molar-refractivity contribution in [3.05, 3.63) is 34.1 Å². The van der Waals surface area contributed by atoms with Gasteiger partial charge in [-0.3, -0.25) is 0 Å². The number of nitrogens with two attached hydrogens (primary N) is 1. The molecule has 0 saturated heterocycles. The Morgan fingerprint density at radius 2 is 2.21 bits per heavy atom. The third-order valence-corrected chi connectivity index (χ3v) is 4.66. The minimum absolute atomic E-state index is 0.164. The van der Waals surface area contributed by atoms with Crippen LogP contribution in [0.25, 0.3) is 0 Å². The van der Waals surface area contributed by atoms with E-state index in [2.05, 4.69) is 21.6 Å². The third kappa shape index (κ3) is 3.04. The fourth-order valence-corrected chi connectivity index (χ4v) is 3.40. The van der Waals surface area contributed by atoms with Crippen LogP contribution >= 0.6 is 11.3 Å². The first kappa shape index (κ1) is 12.8. The molecule has 2 aromatic heterocycles. The van der Waals surface area contributed by atoms with E-state index in [-0.39, 0.29) is 12.0 Å². The van der Waals surface area contributed by atoms with Crippen LogP contribution in [0.2, 0.25) is 0 Å². The van der Waals surface area contributed by atoms with E-state index in [4.69, 9.17) is 10.3 Å². The van der Waals surface area contributed by atoms with Gasteiger partial charge in [-0.05, 0) is 24.3 Å². The minimum Gasteiger partial charge on any atom is -0.339 e. The fraction of sp³-hybridized carbons (Fsp3) is 0.571. The molecule has 2 unspecified atom stereocenters. The molecule has 2 atom stereocenters. The average molecular weight is 277 g/mol. The SMILES string of the molecule is NC1CCCCCC1c1nc(Cc2cccs2)no1. The van der Waals surface area contributed by atoms with Gasteiger partial charge in [0, 0.05) is 17.3 Å². The molecule has 0 aromatic carbocycles. The minimum atomic E-state index is 0.164. The summed E-state index contributed by atoms with van der Waals surface area (Å²) >= 11 is 1.72. The van der Waals surface area contributed by atoms with Gasteiger partial charge in [-0.1, -0.05) is 30.5 Å². The van der Waals surface area contributed by atoms with Crippen LogP contribution in [0.15, 0.2) is 22.0 Å². The Hall–Kier alpha value is -1.20. The summed E-state index contributed by atoms with van der Waals surface area (Å²) in [5, 5.41) is 6.16. The lowest BCUT2D eigenvalue weighted by Gasteiger charge is -2.16. The van der Waals surface area contributed by atoms with E-state index < -0.39 is 0 Å². The van der Waals surface area contributed by atoms with E-state index >= 15 is 0 Å². The Labute approximate surface area is 117 Å². The molecule has 0 aliphatic heterocycles. The predicted octanol–water partition coefficient (Wildman–Crippen LogP) is 3.10. The second-order valence-electron chi connectivity index (χ2n) is 5.21. The number of aromatic nitrogens is 2. The molecular formula is C14H19N3OS. The van der Waals surface area contributed by atoms with Crippen LogP contribution in [0.1, 0.15) is 54.6 Å². The van der Waals surface area contributed by atoms with Crippen molar-refractivity contribution in [3.8, 4) is 0 Å². The van der Waals surface area contributed by atoms with Crippen molar-refractivity contribution in [1.29, 1.82) is 0 Å². The Kier molecular flexibility index (Phi) is 3.94. The normalized spacial score (nSPS) is 24.3. The first-order valence-corrected chi connectivity index (χ1v) is 7.81. The highest BCUT2D eigenvalue weighted by Crippen LogP contribution is 2.30. The number of hydrogen-bond donors (Lipinski definition) is 1. The molecule has 5 heteroatoms. The van der Waals surface area contributed by atoms with E-state index in [1.54, 1.807) is 11.3 Å². The predicted molar refractivity (Wildman–Crippen MR) is 75.2 cm³/mol. The zero-order valence-corrected chi connectivity index (χ0v) is 11.7. The van der Waals surface area contributed by atoms with Gasteiger partial charge in [0.1, 0.15) is 0 Å². The summed E-state index contributed by atoms with van der Waals surface area (Å²) < 4.78 is 5.44. The molecule has 2 N–H and O–H groups in total. The molecule has 1 saturated carbocycles. The van der Waals surface area contributed by atoms with Gasteiger partial charge in [0.2, 0.25) is 5.89 Å². The molecular weight excluding hydrogens is 258 g/mol. The fourth-order valence-electron chi connectivity index (χ4n) is 2.70. The van der Waals surface area contributed by atoms with Gasteiger partial charge >= 0.3 is 0 Å². The van der Waals surface area contributed by atoms with Crippen LogP contribution in [0.3, 0.4) is 0 Å². The standard InChI is InChI=1S/C14H19N3OS/c15-12-7-3-1-2-6-11(12)14-16-13(17-18-14)9-10-5-4-8-19-10/h4-5,8,11-12H,1-3,6-7,9,15H2. The largest absolute Gasteiger partial charge is 0.339 e. The lowest BCUT2D eigenvalue weighted by atomic mass is 9.95. The van der Waals surface area contributed by atoms with Gasteiger partial charge in [-0.2, -0.15) is 4.98 Å². The molecule has 0 amide bonds. The molecule has 19 heavy (non-hydrogen) atoms. The summed E-state index contributed by atoms with van der Waals surface area (Å²) in [7, 11) is 0. The van der Waals surface area contributed by atoms with Gasteiger partial charge in [-0.25, -0.2) is 0 Å². The summed E-state index contributed by atoms with van der Waals surface area (Å²) in [6, 6.07) is 4.30. The molecule has 102 valence electrons. The summed E-state index contributed by atoms with van der Waals surface area (Å²) in [5.41, 5.74) is 6.23. The second-order valence-corrected chi connectivity index (χ2v) is 6.25. The third-order valence-electron chi connectivity index (χ3n) is 3.78. The van der Waals surface area contributed by atoms with Crippen LogP contribution in [0.4, 0.5) is 0 Å². The van der Waals surface area contributed by atoms with Gasteiger partial charge in [0.05, 0.1) is 5.92 Å². The number of thiophene rings is 1. The molecule has 3 rings (SSSR count). The Morgan fingerprint density at radius 1 is 1.32 bits per heavy atom. The van der Waals surface area contributed by atoms with Crippen LogP contribution in [-0.2, 0) is 6.42 Å². The lowest BCUT2D eigenvalue weighted by molar-refractivity contribution is 0.323. The molecule has 1 aliphatic rings. The number of hydrogen-bond acceptors (Lipinski definition) is 5. The summed E-state index contributed by atoms with van der Waals surface area (Å²) in [5.74, 6) is 1.75. The number of rotatable bonds is 3. The van der Waals surface area contributed by atoms with Crippen molar-refractivity contribution >= 4 is 11.3 Å². The molecule has 0 spiro atoms. The zero-order valence-electron chi connectivity index (χ0n) is 10.9. The molecule has 0 bridgehead atoms. The monoisotopic (exact) mass is 277 g/mol. The van der Waals surface area contributed by atoms with Crippen LogP contribution in [0, 0.1) is 0 Å². The van der Waals surface area contributed by atoms with Crippen LogP contribution in [0.5, 0.6) is 0 Å². The molecule has 0 radical (unpaired) electrons. The number of nitrogens with zero attached hydrogens (tertiary/aromatic N) is 2. The van der Waals surface area contributed by atoms with E-state index in [0.29, 0.717) is 0 Å². The topological polar surface area (TPSA) is 64.9 Å². The van der Waals surface area contributed by atoms with Crippen molar-refractivity contribution in [2.24, 2.45) is 5.73 Å². The van der Waals surface area contributed by atoms with Crippen molar-refractivity contribution < 1.29 is 4.52 Å². The van der Waals surface area contributed by atoms with E-state index in [9.17, 15) is 0 Å². The zero-order chi connectivity index (χ0) is 13.1. The van der Waals surface area contributed by atoms with Crippen molar-refractivity contribution in [3.63, 3.8) is 0 Å². The first-order valence-electron chi connectivity index (χ1n) is 6.93. The highest BCUT2D eigenvalue weighted by molar-refractivity contribution is 7.09. The van der Waals surface area contributed by atoms with Crippen molar-refractivity contribution in [2.45, 2.75) is 50.5 Å². The highest BCUT2D eigenvalue weighted by Gasteiger charge is 2.27. The summed E-state index contributed by atoms with van der Waals surface area (Å²) in [6.45, 7) is 0.